The number of benzene rings is 2. The summed E-state index contributed by atoms with van der Waals surface area (Å²) in [5, 5.41) is 2.72. The molecule has 1 N–H and O–H groups in total. The number of anilines is 2. The van der Waals surface area contributed by atoms with Gasteiger partial charge in [0.2, 0.25) is 6.73 Å². The Kier molecular flexibility index (Phi) is 9.18. The lowest BCUT2D eigenvalue weighted by Gasteiger charge is -2.40. The Labute approximate surface area is 226 Å². The molecule has 0 saturated carbocycles. The van der Waals surface area contributed by atoms with Crippen LogP contribution in [0, 0.1) is 11.8 Å². The molecule has 37 heavy (non-hydrogen) atoms. The largest absolute Gasteiger partial charge is 0.444 e. The second kappa shape index (κ2) is 11.8. The third kappa shape index (κ3) is 7.65. The molecule has 0 aromatic heterocycles. The molecule has 0 bridgehead atoms. The Hall–Kier alpha value is -2.71. The van der Waals surface area contributed by atoms with Crippen molar-refractivity contribution in [2.24, 2.45) is 11.8 Å². The van der Waals surface area contributed by atoms with Gasteiger partial charge in [-0.2, -0.15) is 0 Å². The number of hydrogen-bond acceptors (Lipinski definition) is 6. The van der Waals surface area contributed by atoms with Gasteiger partial charge in [-0.25, -0.2) is 4.79 Å². The van der Waals surface area contributed by atoms with E-state index in [4.69, 9.17) is 9.47 Å². The molecule has 1 aliphatic heterocycles. The molecule has 202 valence electrons. The number of alkyl carbamates (subject to hydrolysis) is 1. The highest BCUT2D eigenvalue weighted by atomic mass is 32.2. The van der Waals surface area contributed by atoms with Gasteiger partial charge >= 0.3 is 12.1 Å². The van der Waals surface area contributed by atoms with Crippen molar-refractivity contribution in [1.29, 1.82) is 0 Å². The lowest BCUT2D eigenvalue weighted by Crippen LogP contribution is -2.54. The van der Waals surface area contributed by atoms with E-state index in [2.05, 4.69) is 79.8 Å². The van der Waals surface area contributed by atoms with Crippen LogP contribution in [0.3, 0.4) is 0 Å². The van der Waals surface area contributed by atoms with Gasteiger partial charge in [0.25, 0.3) is 0 Å². The maximum atomic E-state index is 13.0. The van der Waals surface area contributed by atoms with E-state index in [0.717, 1.165) is 6.54 Å². The number of quaternary nitrogens is 1. The summed E-state index contributed by atoms with van der Waals surface area (Å²) in [4.78, 5) is 30.0. The lowest BCUT2D eigenvalue weighted by molar-refractivity contribution is -0.927. The summed E-state index contributed by atoms with van der Waals surface area (Å²) in [5.41, 5.74) is 1.80. The average molecular weight is 529 g/mol. The molecule has 0 aliphatic carbocycles. The van der Waals surface area contributed by atoms with Gasteiger partial charge in [0.15, 0.2) is 0 Å². The van der Waals surface area contributed by atoms with Gasteiger partial charge in [0.1, 0.15) is 11.6 Å². The predicted molar refractivity (Wildman–Crippen MR) is 149 cm³/mol. The maximum Gasteiger partial charge on any atom is 0.407 e. The van der Waals surface area contributed by atoms with Crippen molar-refractivity contribution in [3.05, 3.63) is 48.5 Å². The van der Waals surface area contributed by atoms with E-state index >= 15 is 0 Å². The fourth-order valence-corrected chi connectivity index (χ4v) is 5.12. The predicted octanol–water partition coefficient (Wildman–Crippen LogP) is 6.05. The molecule has 0 fully saturated rings. The molecule has 0 radical (unpaired) electrons. The number of fused-ring (bicyclic) bond motifs is 2. The molecule has 2 aromatic carbocycles. The number of carbonyl (C=O) groups is 2. The highest BCUT2D eigenvalue weighted by Gasteiger charge is 2.33. The van der Waals surface area contributed by atoms with Crippen LogP contribution in [0.5, 0.6) is 0 Å². The SMILES string of the molecule is CC(C)C(CNC(=O)OC(C)(C)C)C(=O)OC[N+](C)(C)C(C)CN1c2ccccc2Sc2ccccc21. The number of amides is 1. The highest BCUT2D eigenvalue weighted by Crippen LogP contribution is 2.48. The van der Waals surface area contributed by atoms with Crippen molar-refractivity contribution in [3.63, 3.8) is 0 Å². The fourth-order valence-electron chi connectivity index (χ4n) is 4.03. The summed E-state index contributed by atoms with van der Waals surface area (Å²) in [6, 6.07) is 17.1. The molecule has 1 amide bonds. The third-order valence-electron chi connectivity index (χ3n) is 6.68. The number of nitrogens with one attached hydrogen (secondary N) is 1. The Bertz CT molecular complexity index is 1050. The molecular weight excluding hydrogens is 486 g/mol. The fraction of sp³-hybridized carbons (Fsp3) is 0.517. The van der Waals surface area contributed by atoms with Gasteiger partial charge in [-0.15, -0.1) is 0 Å². The van der Waals surface area contributed by atoms with Crippen LogP contribution < -0.4 is 10.2 Å². The Morgan fingerprint density at radius 2 is 1.51 bits per heavy atom. The molecule has 7 nitrogen and oxygen atoms in total. The van der Waals surface area contributed by atoms with E-state index in [1.807, 2.05) is 34.6 Å². The van der Waals surface area contributed by atoms with Gasteiger partial charge in [-0.1, -0.05) is 49.9 Å². The molecule has 0 saturated heterocycles. The molecule has 1 heterocycles. The molecule has 1 aliphatic rings. The van der Waals surface area contributed by atoms with Crippen LogP contribution in [-0.2, 0) is 14.3 Å². The third-order valence-corrected chi connectivity index (χ3v) is 7.81. The van der Waals surface area contributed by atoms with E-state index < -0.39 is 17.6 Å². The summed E-state index contributed by atoms with van der Waals surface area (Å²) in [6.45, 7) is 12.7. The Morgan fingerprint density at radius 3 is 2.03 bits per heavy atom. The number of hydrogen-bond donors (Lipinski definition) is 1. The first-order valence-corrected chi connectivity index (χ1v) is 13.7. The number of rotatable bonds is 9. The number of likely N-dealkylation sites (N-methyl/N-ethyl adjacent to an activating group) is 1. The minimum atomic E-state index is -0.594. The van der Waals surface area contributed by atoms with Crippen LogP contribution in [0.2, 0.25) is 0 Å². The lowest BCUT2D eigenvalue weighted by atomic mass is 9.96. The van der Waals surface area contributed by atoms with Crippen LogP contribution in [0.1, 0.15) is 41.5 Å². The summed E-state index contributed by atoms with van der Waals surface area (Å²) >= 11 is 1.80. The topological polar surface area (TPSA) is 67.9 Å². The monoisotopic (exact) mass is 528 g/mol. The summed E-state index contributed by atoms with van der Waals surface area (Å²) in [5.74, 6) is -0.760. The van der Waals surface area contributed by atoms with Crippen LogP contribution >= 0.6 is 11.8 Å². The Balaban J connectivity index is 1.64. The number of carbonyl (C=O) groups excluding carboxylic acids is 2. The second-order valence-corrected chi connectivity index (χ2v) is 12.7. The van der Waals surface area contributed by atoms with Gasteiger partial charge in [0.05, 0.1) is 37.9 Å². The van der Waals surface area contributed by atoms with Crippen LogP contribution in [-0.4, -0.2) is 62.1 Å². The quantitative estimate of drug-likeness (QED) is 0.243. The number of ether oxygens (including phenoxy) is 2. The first-order chi connectivity index (χ1) is 17.3. The van der Waals surface area contributed by atoms with Crippen molar-refractivity contribution >= 4 is 35.2 Å². The number of esters is 1. The summed E-state index contributed by atoms with van der Waals surface area (Å²) < 4.78 is 11.6. The molecule has 2 atom stereocenters. The van der Waals surface area contributed by atoms with Crippen LogP contribution in [0.25, 0.3) is 0 Å². The van der Waals surface area contributed by atoms with Gasteiger partial charge in [-0.3, -0.25) is 9.28 Å². The number of para-hydroxylation sites is 2. The van der Waals surface area contributed by atoms with E-state index in [1.165, 1.54) is 21.2 Å². The molecule has 0 spiro atoms. The first kappa shape index (κ1) is 28.9. The zero-order valence-corrected chi connectivity index (χ0v) is 24.2. The standard InChI is InChI=1S/C29H41N3O4S/c1-20(2)22(17-30-28(34)36-29(4,5)6)27(33)35-19-32(7,8)21(3)18-31-23-13-9-11-15-25(23)37-26-16-12-10-14-24(26)31/h9-16,20-22H,17-19H2,1-8H3/p+1. The minimum absolute atomic E-state index is 0.00863. The van der Waals surface area contributed by atoms with Crippen molar-refractivity contribution in [2.45, 2.75) is 63.0 Å². The molecule has 3 rings (SSSR count). The molecule has 2 unspecified atom stereocenters. The molecule has 2 aromatic rings. The highest BCUT2D eigenvalue weighted by molar-refractivity contribution is 7.99. The zero-order valence-electron chi connectivity index (χ0n) is 23.4. The molecular formula is C29H42N3O4S+. The zero-order chi connectivity index (χ0) is 27.4. The van der Waals surface area contributed by atoms with Crippen LogP contribution in [0.15, 0.2) is 58.3 Å². The normalized spacial score (nSPS) is 14.9. The van der Waals surface area contributed by atoms with Gasteiger partial charge in [-0.05, 0) is 57.9 Å². The van der Waals surface area contributed by atoms with E-state index in [0.29, 0.717) is 4.48 Å². The van der Waals surface area contributed by atoms with Crippen molar-refractivity contribution in [2.75, 3.05) is 38.8 Å². The van der Waals surface area contributed by atoms with E-state index in [9.17, 15) is 9.59 Å². The van der Waals surface area contributed by atoms with E-state index in [1.54, 1.807) is 11.8 Å². The van der Waals surface area contributed by atoms with Crippen molar-refractivity contribution < 1.29 is 23.5 Å². The minimum Gasteiger partial charge on any atom is -0.444 e. The van der Waals surface area contributed by atoms with Crippen molar-refractivity contribution in [1.82, 2.24) is 5.32 Å². The first-order valence-electron chi connectivity index (χ1n) is 12.9. The van der Waals surface area contributed by atoms with Gasteiger partial charge < -0.3 is 19.7 Å². The number of nitrogens with zero attached hydrogens (tertiary/aromatic N) is 2. The second-order valence-electron chi connectivity index (χ2n) is 11.6. The Morgan fingerprint density at radius 1 is 0.973 bits per heavy atom. The van der Waals surface area contributed by atoms with Gasteiger partial charge in [0, 0.05) is 16.3 Å². The van der Waals surface area contributed by atoms with Crippen molar-refractivity contribution in [3.8, 4) is 0 Å². The summed E-state index contributed by atoms with van der Waals surface area (Å²) in [6.07, 6.45) is -0.532. The van der Waals surface area contributed by atoms with E-state index in [-0.39, 0.29) is 31.2 Å². The maximum absolute atomic E-state index is 13.0. The average Bonchev–Trinajstić information content (AvgIpc) is 2.81. The smallest absolute Gasteiger partial charge is 0.407 e. The van der Waals surface area contributed by atoms with Crippen LogP contribution in [0.4, 0.5) is 16.2 Å². The summed E-state index contributed by atoms with van der Waals surface area (Å²) in [7, 11) is 4.16. The molecule has 8 heteroatoms.